The minimum absolute atomic E-state index is 0.301. The van der Waals surface area contributed by atoms with Gasteiger partial charge >= 0.3 is 0 Å². The van der Waals surface area contributed by atoms with Gasteiger partial charge < -0.3 is 16.4 Å². The predicted molar refractivity (Wildman–Crippen MR) is 90.1 cm³/mol. The van der Waals surface area contributed by atoms with Gasteiger partial charge in [0.2, 0.25) is 0 Å². The second kappa shape index (κ2) is 6.58. The smallest absolute Gasteiger partial charge is 0.163 e. The Morgan fingerprint density at radius 3 is 2.81 bits per heavy atom. The van der Waals surface area contributed by atoms with Gasteiger partial charge in [0, 0.05) is 16.3 Å². The molecule has 0 unspecified atom stereocenters. The lowest BCUT2D eigenvalue weighted by atomic mass is 10.0. The topological polar surface area (TPSA) is 88.0 Å². The van der Waals surface area contributed by atoms with Gasteiger partial charge in [0.05, 0.1) is 11.4 Å². The molecular formula is C15H19BrN5+. The van der Waals surface area contributed by atoms with Crippen LogP contribution in [0.2, 0.25) is 0 Å². The van der Waals surface area contributed by atoms with E-state index in [1.165, 1.54) is 0 Å². The standard InChI is InChI=1S/C15H18BrN5/c1-9(2)10(7-17)5-14(18)21-15-4-3-12-13(20-15)6-11(16)8-19-12/h3-9,17,19-20H,1-2H3,(H2,18,21)/p+1. The van der Waals surface area contributed by atoms with Crippen LogP contribution in [0.3, 0.4) is 0 Å². The van der Waals surface area contributed by atoms with Crippen molar-refractivity contribution in [3.05, 3.63) is 57.8 Å². The zero-order valence-corrected chi connectivity index (χ0v) is 13.6. The van der Waals surface area contributed by atoms with Gasteiger partial charge in [0.1, 0.15) is 11.7 Å². The van der Waals surface area contributed by atoms with Gasteiger partial charge in [0.25, 0.3) is 0 Å². The van der Waals surface area contributed by atoms with Crippen LogP contribution in [0.25, 0.3) is 0 Å². The number of hydrogen-bond donors (Lipinski definition) is 4. The number of allylic oxidation sites excluding steroid dienone is 5. The normalized spacial score (nSPS) is 18.7. The van der Waals surface area contributed by atoms with Crippen LogP contribution in [-0.4, -0.2) is 12.1 Å². The maximum absolute atomic E-state index is 5.95. The molecule has 6 heteroatoms. The lowest BCUT2D eigenvalue weighted by Crippen LogP contribution is -2.32. The van der Waals surface area contributed by atoms with Gasteiger partial charge in [-0.2, -0.15) is 0 Å². The Kier molecular flexibility index (Phi) is 4.80. The van der Waals surface area contributed by atoms with E-state index >= 15 is 0 Å². The van der Waals surface area contributed by atoms with Gasteiger partial charge in [-0.15, -0.1) is 0 Å². The van der Waals surface area contributed by atoms with Gasteiger partial charge in [0.15, 0.2) is 6.21 Å². The summed E-state index contributed by atoms with van der Waals surface area (Å²) < 4.78 is 0.958. The molecule has 0 aromatic carbocycles. The van der Waals surface area contributed by atoms with Gasteiger partial charge in [-0.1, -0.05) is 13.8 Å². The number of dihydropyridines is 2. The number of halogens is 1. The largest absolute Gasteiger partial charge is 0.384 e. The molecule has 6 N–H and O–H groups in total. The van der Waals surface area contributed by atoms with Crippen LogP contribution in [0, 0.1) is 5.92 Å². The summed E-state index contributed by atoms with van der Waals surface area (Å²) in [5.41, 5.74) is 8.84. The van der Waals surface area contributed by atoms with Crippen LogP contribution in [0.4, 0.5) is 0 Å². The summed E-state index contributed by atoms with van der Waals surface area (Å²) >= 11 is 3.43. The van der Waals surface area contributed by atoms with Crippen LogP contribution < -0.4 is 21.8 Å². The molecule has 110 valence electrons. The number of hydrogen-bond acceptors (Lipinski definition) is 3. The molecule has 2 aliphatic rings. The third-order valence-electron chi connectivity index (χ3n) is 3.03. The van der Waals surface area contributed by atoms with E-state index < -0.39 is 0 Å². The average molecular weight is 349 g/mol. The molecule has 0 atom stereocenters. The van der Waals surface area contributed by atoms with E-state index in [1.54, 1.807) is 12.3 Å². The van der Waals surface area contributed by atoms with E-state index in [0.29, 0.717) is 17.6 Å². The Bertz CT molecular complexity index is 632. The van der Waals surface area contributed by atoms with E-state index in [1.807, 2.05) is 24.4 Å². The first kappa shape index (κ1) is 15.3. The molecule has 21 heavy (non-hydrogen) atoms. The highest BCUT2D eigenvalue weighted by Crippen LogP contribution is 2.21. The highest BCUT2D eigenvalue weighted by Gasteiger charge is 2.14. The number of rotatable bonds is 4. The SMILES string of the molecule is CC(C)C(C=[NH2+])=CC(N)=NC1=CC=C2NC=C(Br)C=C2N1. The molecule has 0 aromatic heterocycles. The Balaban J connectivity index is 2.19. The van der Waals surface area contributed by atoms with Crippen molar-refractivity contribution in [2.75, 3.05) is 0 Å². The van der Waals surface area contributed by atoms with Crippen LogP contribution in [-0.2, 0) is 0 Å². The highest BCUT2D eigenvalue weighted by atomic mass is 79.9. The monoisotopic (exact) mass is 348 g/mol. The molecule has 0 radical (unpaired) electrons. The van der Waals surface area contributed by atoms with Crippen molar-refractivity contribution in [1.29, 1.82) is 0 Å². The molecule has 0 saturated heterocycles. The van der Waals surface area contributed by atoms with Crippen LogP contribution in [0.15, 0.2) is 62.8 Å². The number of fused-ring (bicyclic) bond motifs is 1. The molecule has 0 bridgehead atoms. The molecule has 2 aliphatic heterocycles. The second-order valence-electron chi connectivity index (χ2n) is 4.99. The maximum atomic E-state index is 5.95. The summed E-state index contributed by atoms with van der Waals surface area (Å²) in [5.74, 6) is 1.40. The minimum atomic E-state index is 0.301. The lowest BCUT2D eigenvalue weighted by Gasteiger charge is -2.21. The molecule has 0 aromatic rings. The van der Waals surface area contributed by atoms with Crippen molar-refractivity contribution in [3.8, 4) is 0 Å². The van der Waals surface area contributed by atoms with Crippen molar-refractivity contribution in [2.24, 2.45) is 16.6 Å². The molecule has 0 spiro atoms. The van der Waals surface area contributed by atoms with Gasteiger partial charge in [-0.3, -0.25) is 5.41 Å². The predicted octanol–water partition coefficient (Wildman–Crippen LogP) is 0.808. The van der Waals surface area contributed by atoms with Crippen molar-refractivity contribution in [2.45, 2.75) is 13.8 Å². The fourth-order valence-corrected chi connectivity index (χ4v) is 2.22. The number of nitrogens with one attached hydrogen (secondary N) is 2. The highest BCUT2D eigenvalue weighted by molar-refractivity contribution is 9.11. The summed E-state index contributed by atoms with van der Waals surface area (Å²) in [6.45, 7) is 4.11. The number of nitrogens with two attached hydrogens (primary N) is 2. The third kappa shape index (κ3) is 3.95. The first-order chi connectivity index (χ1) is 9.99. The van der Waals surface area contributed by atoms with Crippen LogP contribution in [0.5, 0.6) is 0 Å². The lowest BCUT2D eigenvalue weighted by molar-refractivity contribution is -0.105. The van der Waals surface area contributed by atoms with E-state index in [0.717, 1.165) is 21.4 Å². The number of aliphatic imine (C=N–C) groups is 1. The van der Waals surface area contributed by atoms with E-state index in [2.05, 4.69) is 45.4 Å². The quantitative estimate of drug-likeness (QED) is 0.447. The Morgan fingerprint density at radius 1 is 1.38 bits per heavy atom. The molecule has 2 rings (SSSR count). The minimum Gasteiger partial charge on any atom is -0.384 e. The zero-order valence-electron chi connectivity index (χ0n) is 12.0. The number of amidine groups is 1. The zero-order chi connectivity index (χ0) is 15.4. The summed E-state index contributed by atoms with van der Waals surface area (Å²) in [7, 11) is 0. The molecule has 0 amide bonds. The molecule has 0 fully saturated rings. The molecule has 0 aliphatic carbocycles. The molecule has 5 nitrogen and oxygen atoms in total. The van der Waals surface area contributed by atoms with E-state index in [-0.39, 0.29) is 0 Å². The Labute approximate surface area is 132 Å². The Hall–Kier alpha value is -2.08. The Morgan fingerprint density at radius 2 is 2.14 bits per heavy atom. The fraction of sp³-hybridized carbons (Fsp3) is 0.200. The number of nitrogens with zero attached hydrogens (tertiary/aromatic N) is 1. The summed E-state index contributed by atoms with van der Waals surface area (Å²) in [6, 6.07) is 0. The van der Waals surface area contributed by atoms with E-state index in [4.69, 9.17) is 11.1 Å². The van der Waals surface area contributed by atoms with Crippen molar-refractivity contribution >= 4 is 28.0 Å². The molecular weight excluding hydrogens is 330 g/mol. The molecule has 2 heterocycles. The molecule has 0 saturated carbocycles. The fourth-order valence-electron chi connectivity index (χ4n) is 1.88. The third-order valence-corrected chi connectivity index (χ3v) is 3.49. The summed E-state index contributed by atoms with van der Waals surface area (Å²) in [5, 5.41) is 12.0. The van der Waals surface area contributed by atoms with Crippen molar-refractivity contribution in [1.82, 2.24) is 10.6 Å². The first-order valence-corrected chi connectivity index (χ1v) is 7.43. The van der Waals surface area contributed by atoms with Crippen LogP contribution >= 0.6 is 15.9 Å². The summed E-state index contributed by atoms with van der Waals surface area (Å²) in [4.78, 5) is 4.37. The second-order valence-corrected chi connectivity index (χ2v) is 5.91. The van der Waals surface area contributed by atoms with E-state index in [9.17, 15) is 0 Å². The maximum Gasteiger partial charge on any atom is 0.163 e. The van der Waals surface area contributed by atoms with Crippen molar-refractivity contribution in [3.63, 3.8) is 0 Å². The average Bonchev–Trinajstić information content (AvgIpc) is 2.44. The van der Waals surface area contributed by atoms with Crippen molar-refractivity contribution < 1.29 is 5.41 Å². The van der Waals surface area contributed by atoms with Gasteiger partial charge in [-0.05, 0) is 46.2 Å². The first-order valence-electron chi connectivity index (χ1n) is 6.63. The summed E-state index contributed by atoms with van der Waals surface area (Å²) in [6.07, 6.45) is 11.0. The van der Waals surface area contributed by atoms with Crippen LogP contribution in [0.1, 0.15) is 13.8 Å². The van der Waals surface area contributed by atoms with Gasteiger partial charge in [-0.25, -0.2) is 4.99 Å².